The van der Waals surface area contributed by atoms with Gasteiger partial charge in [-0.05, 0) is 26.2 Å². The van der Waals surface area contributed by atoms with Gasteiger partial charge in [0, 0.05) is 31.2 Å². The summed E-state index contributed by atoms with van der Waals surface area (Å²) < 4.78 is 5.56. The Morgan fingerprint density at radius 1 is 1.42 bits per heavy atom. The second kappa shape index (κ2) is 4.94. The summed E-state index contributed by atoms with van der Waals surface area (Å²) in [7, 11) is 1.72. The first-order chi connectivity index (χ1) is 8.85. The molecule has 110 valence electrons. The highest BCUT2D eigenvalue weighted by Crippen LogP contribution is 2.51. The highest BCUT2D eigenvalue weighted by atomic mass is 16.5. The Bertz CT molecular complexity index is 355. The van der Waals surface area contributed by atoms with Crippen LogP contribution in [0.15, 0.2) is 0 Å². The van der Waals surface area contributed by atoms with Gasteiger partial charge in [-0.1, -0.05) is 13.8 Å². The smallest absolute Gasteiger partial charge is 0.317 e. The van der Waals surface area contributed by atoms with E-state index in [1.807, 2.05) is 0 Å². The van der Waals surface area contributed by atoms with Crippen molar-refractivity contribution in [1.82, 2.24) is 10.2 Å². The van der Waals surface area contributed by atoms with Crippen LogP contribution in [0.4, 0.5) is 4.79 Å². The van der Waals surface area contributed by atoms with E-state index < -0.39 is 0 Å². The maximum atomic E-state index is 12.3. The number of aliphatic hydroxyl groups excluding tert-OH is 1. The predicted molar refractivity (Wildman–Crippen MR) is 72.9 cm³/mol. The van der Waals surface area contributed by atoms with Crippen LogP contribution in [0.2, 0.25) is 0 Å². The van der Waals surface area contributed by atoms with Gasteiger partial charge in [-0.3, -0.25) is 0 Å². The van der Waals surface area contributed by atoms with Gasteiger partial charge in [-0.2, -0.15) is 0 Å². The van der Waals surface area contributed by atoms with Crippen LogP contribution in [0.25, 0.3) is 0 Å². The number of hydrogen-bond acceptors (Lipinski definition) is 3. The monoisotopic (exact) mass is 270 g/mol. The van der Waals surface area contributed by atoms with Gasteiger partial charge in [-0.25, -0.2) is 4.79 Å². The average molecular weight is 270 g/mol. The first-order valence-corrected chi connectivity index (χ1v) is 7.09. The second-order valence-electron chi connectivity index (χ2n) is 6.51. The third-order valence-electron chi connectivity index (χ3n) is 5.17. The fourth-order valence-electron chi connectivity index (χ4n) is 2.90. The standard InChI is InChI=1S/C14H26N2O3/c1-13(2)11(9-14(13,3)19-4)15-12(18)16(7-8-17)10-5-6-10/h10-11,17H,5-9H2,1-4H3,(H,15,18). The van der Waals surface area contributed by atoms with E-state index in [0.29, 0.717) is 12.6 Å². The van der Waals surface area contributed by atoms with E-state index in [4.69, 9.17) is 9.84 Å². The molecule has 2 atom stereocenters. The third-order valence-corrected chi connectivity index (χ3v) is 5.17. The Morgan fingerprint density at radius 3 is 2.47 bits per heavy atom. The van der Waals surface area contributed by atoms with Crippen LogP contribution in [0.3, 0.4) is 0 Å². The van der Waals surface area contributed by atoms with Crippen LogP contribution in [-0.2, 0) is 4.74 Å². The normalized spacial score (nSPS) is 32.6. The minimum atomic E-state index is -0.174. The number of hydrogen-bond donors (Lipinski definition) is 2. The van der Waals surface area contributed by atoms with Gasteiger partial charge in [-0.15, -0.1) is 0 Å². The Labute approximate surface area is 115 Å². The van der Waals surface area contributed by atoms with Gasteiger partial charge in [0.05, 0.1) is 12.2 Å². The van der Waals surface area contributed by atoms with Crippen LogP contribution in [0, 0.1) is 5.41 Å². The molecule has 2 aliphatic carbocycles. The van der Waals surface area contributed by atoms with Crippen molar-refractivity contribution in [3.63, 3.8) is 0 Å². The molecule has 2 unspecified atom stereocenters. The lowest BCUT2D eigenvalue weighted by Crippen LogP contribution is -2.69. The summed E-state index contributed by atoms with van der Waals surface area (Å²) in [5.41, 5.74) is -0.252. The minimum absolute atomic E-state index is 0.0216. The summed E-state index contributed by atoms with van der Waals surface area (Å²) in [4.78, 5) is 14.0. The molecule has 5 heteroatoms. The first-order valence-electron chi connectivity index (χ1n) is 7.09. The van der Waals surface area contributed by atoms with Crippen molar-refractivity contribution < 1.29 is 14.6 Å². The maximum Gasteiger partial charge on any atom is 0.317 e. The zero-order valence-electron chi connectivity index (χ0n) is 12.4. The molecule has 2 N–H and O–H groups in total. The molecule has 0 radical (unpaired) electrons. The molecule has 5 nitrogen and oxygen atoms in total. The minimum Gasteiger partial charge on any atom is -0.395 e. The molecule has 0 bridgehead atoms. The molecule has 0 aromatic carbocycles. The zero-order chi connectivity index (χ0) is 14.3. The van der Waals surface area contributed by atoms with Crippen molar-refractivity contribution in [3.8, 4) is 0 Å². The van der Waals surface area contributed by atoms with Gasteiger partial charge in [0.1, 0.15) is 0 Å². The molecule has 0 heterocycles. The highest BCUT2D eigenvalue weighted by Gasteiger charge is 2.58. The zero-order valence-corrected chi connectivity index (χ0v) is 12.4. The first kappa shape index (κ1) is 14.6. The number of aliphatic hydroxyl groups is 1. The molecule has 0 saturated heterocycles. The van der Waals surface area contributed by atoms with Crippen LogP contribution in [0.1, 0.15) is 40.0 Å². The lowest BCUT2D eigenvalue weighted by atomic mass is 9.56. The fourth-order valence-corrected chi connectivity index (χ4v) is 2.90. The number of ether oxygens (including phenoxy) is 1. The summed E-state index contributed by atoms with van der Waals surface area (Å²) in [6.07, 6.45) is 2.94. The summed E-state index contributed by atoms with van der Waals surface area (Å²) in [6.45, 7) is 6.78. The molecule has 0 aromatic heterocycles. The maximum absolute atomic E-state index is 12.3. The molecule has 2 amide bonds. The Kier molecular flexibility index (Phi) is 3.80. The molecule has 2 aliphatic rings. The number of amides is 2. The summed E-state index contributed by atoms with van der Waals surface area (Å²) in [5.74, 6) is 0. The summed E-state index contributed by atoms with van der Waals surface area (Å²) >= 11 is 0. The van der Waals surface area contributed by atoms with Crippen molar-refractivity contribution in [1.29, 1.82) is 0 Å². The van der Waals surface area contributed by atoms with Gasteiger partial charge in [0.2, 0.25) is 0 Å². The molecule has 19 heavy (non-hydrogen) atoms. The number of methoxy groups -OCH3 is 1. The Balaban J connectivity index is 1.93. The molecule has 0 aliphatic heterocycles. The van der Waals surface area contributed by atoms with E-state index >= 15 is 0 Å². The molecule has 0 aromatic rings. The van der Waals surface area contributed by atoms with Crippen LogP contribution >= 0.6 is 0 Å². The van der Waals surface area contributed by atoms with Gasteiger partial charge >= 0.3 is 6.03 Å². The lowest BCUT2D eigenvalue weighted by Gasteiger charge is -2.59. The van der Waals surface area contributed by atoms with E-state index in [2.05, 4.69) is 26.1 Å². The molecular formula is C14H26N2O3. The number of urea groups is 1. The van der Waals surface area contributed by atoms with E-state index in [9.17, 15) is 4.79 Å². The highest BCUT2D eigenvalue weighted by molar-refractivity contribution is 5.75. The number of nitrogens with zero attached hydrogens (tertiary/aromatic N) is 1. The van der Waals surface area contributed by atoms with Crippen molar-refractivity contribution in [3.05, 3.63) is 0 Å². The van der Waals surface area contributed by atoms with Crippen LogP contribution in [-0.4, -0.2) is 54.0 Å². The largest absolute Gasteiger partial charge is 0.395 e. The average Bonchev–Trinajstić information content (AvgIpc) is 3.19. The van der Waals surface area contributed by atoms with Crippen LogP contribution in [0.5, 0.6) is 0 Å². The lowest BCUT2D eigenvalue weighted by molar-refractivity contribution is -0.177. The number of carbonyl (C=O) groups is 1. The second-order valence-corrected chi connectivity index (χ2v) is 6.51. The number of nitrogens with one attached hydrogen (secondary N) is 1. The van der Waals surface area contributed by atoms with Crippen molar-refractivity contribution in [2.75, 3.05) is 20.3 Å². The quantitative estimate of drug-likeness (QED) is 0.793. The van der Waals surface area contributed by atoms with Gasteiger partial charge < -0.3 is 20.1 Å². The van der Waals surface area contributed by atoms with Crippen LogP contribution < -0.4 is 5.32 Å². The molecule has 0 spiro atoms. The van der Waals surface area contributed by atoms with Crippen molar-refractivity contribution in [2.24, 2.45) is 5.41 Å². The van der Waals surface area contributed by atoms with Gasteiger partial charge in [0.15, 0.2) is 0 Å². The summed E-state index contributed by atoms with van der Waals surface area (Å²) in [5, 5.41) is 12.1. The Hall–Kier alpha value is -0.810. The van der Waals surface area contributed by atoms with Crippen molar-refractivity contribution in [2.45, 2.75) is 57.7 Å². The number of rotatable bonds is 5. The van der Waals surface area contributed by atoms with Gasteiger partial charge in [0.25, 0.3) is 0 Å². The molecule has 2 saturated carbocycles. The fraction of sp³-hybridized carbons (Fsp3) is 0.929. The van der Waals surface area contributed by atoms with E-state index in [0.717, 1.165) is 19.3 Å². The van der Waals surface area contributed by atoms with E-state index in [-0.39, 0.29) is 29.7 Å². The topological polar surface area (TPSA) is 61.8 Å². The molecular weight excluding hydrogens is 244 g/mol. The summed E-state index contributed by atoms with van der Waals surface area (Å²) in [6, 6.07) is 0.404. The molecule has 2 fully saturated rings. The Morgan fingerprint density at radius 2 is 2.05 bits per heavy atom. The SMILES string of the molecule is COC1(C)CC(NC(=O)N(CCO)C2CC2)C1(C)C. The number of carbonyl (C=O) groups excluding carboxylic acids is 1. The third kappa shape index (κ3) is 2.46. The van der Waals surface area contributed by atoms with E-state index in [1.165, 1.54) is 0 Å². The van der Waals surface area contributed by atoms with E-state index in [1.54, 1.807) is 12.0 Å². The molecule has 2 rings (SSSR count). The van der Waals surface area contributed by atoms with Crippen molar-refractivity contribution >= 4 is 6.03 Å². The predicted octanol–water partition coefficient (Wildman–Crippen LogP) is 1.36.